The lowest BCUT2D eigenvalue weighted by Gasteiger charge is -2.33. The predicted molar refractivity (Wildman–Crippen MR) is 107 cm³/mol. The van der Waals surface area contributed by atoms with E-state index in [1.54, 1.807) is 18.2 Å². The van der Waals surface area contributed by atoms with Crippen LogP contribution in [0.4, 0.5) is 10.1 Å². The average Bonchev–Trinajstić information content (AvgIpc) is 2.65. The third-order valence-electron chi connectivity index (χ3n) is 4.35. The molecule has 1 amide bonds. The second-order valence-corrected chi connectivity index (χ2v) is 9.06. The lowest BCUT2D eigenvalue weighted by atomic mass is 10.3. The van der Waals surface area contributed by atoms with Gasteiger partial charge in [0.15, 0.2) is 0 Å². The van der Waals surface area contributed by atoms with E-state index in [2.05, 4.69) is 5.32 Å². The molecule has 150 valence electrons. The van der Waals surface area contributed by atoms with Crippen molar-refractivity contribution in [2.45, 2.75) is 4.90 Å². The van der Waals surface area contributed by atoms with Crippen LogP contribution < -0.4 is 5.32 Å². The number of amides is 1. The standard InChI is InChI=1S/C18H18Cl2FN3O3S/c19-16-6-3-14(11-17(16)20)22-18(25)12-23-7-9-24(10-8-23)28(26,27)15-4-1-13(21)2-5-15/h1-6,11H,7-10,12H2,(H,22,25). The Morgan fingerprint density at radius 2 is 1.64 bits per heavy atom. The molecule has 0 aliphatic carbocycles. The molecule has 2 aromatic rings. The topological polar surface area (TPSA) is 69.7 Å². The summed E-state index contributed by atoms with van der Waals surface area (Å²) in [6.45, 7) is 1.45. The van der Waals surface area contributed by atoms with Crippen LogP contribution in [-0.2, 0) is 14.8 Å². The zero-order chi connectivity index (χ0) is 20.3. The van der Waals surface area contributed by atoms with E-state index >= 15 is 0 Å². The number of benzene rings is 2. The molecule has 6 nitrogen and oxygen atoms in total. The second kappa shape index (κ2) is 8.75. The monoisotopic (exact) mass is 445 g/mol. The molecule has 0 unspecified atom stereocenters. The number of halogens is 3. The Hall–Kier alpha value is -1.71. The molecule has 0 radical (unpaired) electrons. The molecule has 0 aromatic heterocycles. The number of hydrogen-bond acceptors (Lipinski definition) is 4. The highest BCUT2D eigenvalue weighted by atomic mass is 35.5. The van der Waals surface area contributed by atoms with Gasteiger partial charge < -0.3 is 5.32 Å². The van der Waals surface area contributed by atoms with E-state index in [0.29, 0.717) is 28.8 Å². The first kappa shape index (κ1) is 21.0. The molecule has 0 atom stereocenters. The number of sulfonamides is 1. The summed E-state index contributed by atoms with van der Waals surface area (Å²) in [5.74, 6) is -0.718. The maximum absolute atomic E-state index is 13.0. The van der Waals surface area contributed by atoms with Crippen molar-refractivity contribution in [3.63, 3.8) is 0 Å². The predicted octanol–water partition coefficient (Wildman–Crippen LogP) is 3.08. The van der Waals surface area contributed by atoms with Gasteiger partial charge in [-0.2, -0.15) is 4.31 Å². The van der Waals surface area contributed by atoms with Gasteiger partial charge in [0.1, 0.15) is 5.82 Å². The van der Waals surface area contributed by atoms with Crippen molar-refractivity contribution in [2.75, 3.05) is 38.0 Å². The highest BCUT2D eigenvalue weighted by Gasteiger charge is 2.29. The maximum atomic E-state index is 13.0. The van der Waals surface area contributed by atoms with Gasteiger partial charge in [0.05, 0.1) is 21.5 Å². The molecule has 1 aliphatic rings. The number of carbonyl (C=O) groups excluding carboxylic acids is 1. The summed E-state index contributed by atoms with van der Waals surface area (Å²) in [5.41, 5.74) is 0.539. The van der Waals surface area contributed by atoms with Crippen LogP contribution in [0.1, 0.15) is 0 Å². The summed E-state index contributed by atoms with van der Waals surface area (Å²) < 4.78 is 39.6. The average molecular weight is 446 g/mol. The van der Waals surface area contributed by atoms with E-state index < -0.39 is 15.8 Å². The van der Waals surface area contributed by atoms with Gasteiger partial charge in [-0.05, 0) is 42.5 Å². The minimum atomic E-state index is -3.68. The van der Waals surface area contributed by atoms with E-state index in [0.717, 1.165) is 12.1 Å². The van der Waals surface area contributed by atoms with Gasteiger partial charge in [0.25, 0.3) is 0 Å². The lowest BCUT2D eigenvalue weighted by molar-refractivity contribution is -0.117. The fourth-order valence-electron chi connectivity index (χ4n) is 2.86. The molecular weight excluding hydrogens is 428 g/mol. The van der Waals surface area contributed by atoms with E-state index in [9.17, 15) is 17.6 Å². The Kier molecular flexibility index (Phi) is 6.57. The van der Waals surface area contributed by atoms with Gasteiger partial charge in [0.2, 0.25) is 15.9 Å². The molecule has 0 saturated carbocycles. The van der Waals surface area contributed by atoms with E-state index in [1.165, 1.54) is 16.4 Å². The van der Waals surface area contributed by atoms with Crippen molar-refractivity contribution in [1.82, 2.24) is 9.21 Å². The number of anilines is 1. The molecule has 1 N–H and O–H groups in total. The van der Waals surface area contributed by atoms with Crippen molar-refractivity contribution in [3.8, 4) is 0 Å². The summed E-state index contributed by atoms with van der Waals surface area (Å²) in [6, 6.07) is 9.56. The molecule has 1 heterocycles. The van der Waals surface area contributed by atoms with Crippen molar-refractivity contribution in [1.29, 1.82) is 0 Å². The first-order valence-corrected chi connectivity index (χ1v) is 10.7. The third kappa shape index (κ3) is 5.01. The Morgan fingerprint density at radius 1 is 1.00 bits per heavy atom. The summed E-state index contributed by atoms with van der Waals surface area (Å²) in [7, 11) is -3.68. The Balaban J connectivity index is 1.54. The molecule has 0 spiro atoms. The smallest absolute Gasteiger partial charge is 0.243 e. The first-order valence-electron chi connectivity index (χ1n) is 8.49. The minimum Gasteiger partial charge on any atom is -0.325 e. The normalized spacial score (nSPS) is 16.1. The van der Waals surface area contributed by atoms with E-state index in [4.69, 9.17) is 23.2 Å². The number of rotatable bonds is 5. The van der Waals surface area contributed by atoms with Crippen LogP contribution in [0.25, 0.3) is 0 Å². The number of nitrogens with zero attached hydrogens (tertiary/aromatic N) is 2. The van der Waals surface area contributed by atoms with Crippen LogP contribution in [0, 0.1) is 5.82 Å². The minimum absolute atomic E-state index is 0.0553. The molecule has 2 aromatic carbocycles. The molecular formula is C18H18Cl2FN3O3S. The number of carbonyl (C=O) groups is 1. The van der Waals surface area contributed by atoms with Crippen LogP contribution in [0.3, 0.4) is 0 Å². The van der Waals surface area contributed by atoms with Crippen LogP contribution in [0.5, 0.6) is 0 Å². The Morgan fingerprint density at radius 3 is 2.25 bits per heavy atom. The molecule has 28 heavy (non-hydrogen) atoms. The fourth-order valence-corrected chi connectivity index (χ4v) is 4.58. The van der Waals surface area contributed by atoms with Crippen LogP contribution in [-0.4, -0.2) is 56.3 Å². The SMILES string of the molecule is O=C(CN1CCN(S(=O)(=O)c2ccc(F)cc2)CC1)Nc1ccc(Cl)c(Cl)c1. The van der Waals surface area contributed by atoms with Gasteiger partial charge in [-0.1, -0.05) is 23.2 Å². The van der Waals surface area contributed by atoms with Gasteiger partial charge in [-0.3, -0.25) is 9.69 Å². The van der Waals surface area contributed by atoms with E-state index in [-0.39, 0.29) is 30.4 Å². The second-order valence-electron chi connectivity index (χ2n) is 6.31. The highest BCUT2D eigenvalue weighted by molar-refractivity contribution is 7.89. The zero-order valence-corrected chi connectivity index (χ0v) is 17.1. The van der Waals surface area contributed by atoms with Crippen LogP contribution >= 0.6 is 23.2 Å². The summed E-state index contributed by atoms with van der Waals surface area (Å²) in [5, 5.41) is 3.49. The van der Waals surface area contributed by atoms with Gasteiger partial charge in [0, 0.05) is 31.9 Å². The molecule has 0 bridgehead atoms. The fraction of sp³-hybridized carbons (Fsp3) is 0.278. The summed E-state index contributed by atoms with van der Waals surface area (Å²) in [6.07, 6.45) is 0. The first-order chi connectivity index (χ1) is 13.3. The van der Waals surface area contributed by atoms with Crippen molar-refractivity contribution in [3.05, 3.63) is 58.3 Å². The van der Waals surface area contributed by atoms with Crippen molar-refractivity contribution in [2.24, 2.45) is 0 Å². The van der Waals surface area contributed by atoms with Gasteiger partial charge in [-0.15, -0.1) is 0 Å². The molecule has 10 heteroatoms. The van der Waals surface area contributed by atoms with Gasteiger partial charge in [-0.25, -0.2) is 12.8 Å². The Bertz CT molecular complexity index is 963. The Labute approximate surface area is 172 Å². The maximum Gasteiger partial charge on any atom is 0.243 e. The van der Waals surface area contributed by atoms with Crippen LogP contribution in [0.15, 0.2) is 47.4 Å². The van der Waals surface area contributed by atoms with Crippen molar-refractivity contribution < 1.29 is 17.6 Å². The lowest BCUT2D eigenvalue weighted by Crippen LogP contribution is -2.50. The largest absolute Gasteiger partial charge is 0.325 e. The summed E-state index contributed by atoms with van der Waals surface area (Å²) in [4.78, 5) is 14.1. The number of piperazine rings is 1. The molecule has 1 aliphatic heterocycles. The van der Waals surface area contributed by atoms with Crippen LogP contribution in [0.2, 0.25) is 10.0 Å². The molecule has 3 rings (SSSR count). The highest BCUT2D eigenvalue weighted by Crippen LogP contribution is 2.25. The quantitative estimate of drug-likeness (QED) is 0.767. The molecule has 1 fully saturated rings. The third-order valence-corrected chi connectivity index (χ3v) is 7.01. The van der Waals surface area contributed by atoms with E-state index in [1.807, 2.05) is 4.90 Å². The zero-order valence-electron chi connectivity index (χ0n) is 14.7. The number of hydrogen-bond donors (Lipinski definition) is 1. The van der Waals surface area contributed by atoms with Crippen molar-refractivity contribution >= 4 is 44.8 Å². The molecule has 1 saturated heterocycles. The number of nitrogens with one attached hydrogen (secondary N) is 1. The summed E-state index contributed by atoms with van der Waals surface area (Å²) >= 11 is 11.8. The van der Waals surface area contributed by atoms with Gasteiger partial charge >= 0.3 is 0 Å².